The van der Waals surface area contributed by atoms with Crippen molar-refractivity contribution in [2.45, 2.75) is 72.3 Å². The number of hydrogen-bond acceptors (Lipinski definition) is 9. The van der Waals surface area contributed by atoms with Crippen LogP contribution in [0.4, 0.5) is 5.69 Å². The van der Waals surface area contributed by atoms with Gasteiger partial charge in [-0.3, -0.25) is 24.6 Å². The first-order chi connectivity index (χ1) is 21.9. The third-order valence-electron chi connectivity index (χ3n) is 8.18. The first-order valence-corrected chi connectivity index (χ1v) is 16.0. The Bertz CT molecular complexity index is 1500. The van der Waals surface area contributed by atoms with Crippen molar-refractivity contribution in [3.05, 3.63) is 52.1 Å². The number of Topliss-reactive ketones (excluding diaryl/α,β-unsaturated/α-hetero) is 2. The molecule has 0 aromatic heterocycles. The topological polar surface area (TPSA) is 138 Å². The molecule has 0 aliphatic carbocycles. The average Bonchev–Trinajstić information content (AvgIpc) is 3.31. The van der Waals surface area contributed by atoms with Crippen molar-refractivity contribution in [2.75, 3.05) is 51.4 Å². The number of rotatable bonds is 13. The van der Waals surface area contributed by atoms with Crippen molar-refractivity contribution in [3.8, 4) is 11.5 Å². The molecule has 2 aromatic carbocycles. The van der Waals surface area contributed by atoms with Crippen LogP contribution in [0, 0.1) is 5.41 Å². The summed E-state index contributed by atoms with van der Waals surface area (Å²) >= 11 is 0. The van der Waals surface area contributed by atoms with E-state index in [2.05, 4.69) is 31.0 Å². The Labute approximate surface area is 271 Å². The van der Waals surface area contributed by atoms with Gasteiger partial charge in [0.2, 0.25) is 0 Å². The smallest absolute Gasteiger partial charge is 0.305 e. The maximum Gasteiger partial charge on any atom is 0.305 e. The molecule has 11 heteroatoms. The minimum absolute atomic E-state index is 0.0337. The lowest BCUT2D eigenvalue weighted by Gasteiger charge is -2.33. The number of hydrogen-bond donors (Lipinski definition) is 2. The summed E-state index contributed by atoms with van der Waals surface area (Å²) in [7, 11) is 1.54. The van der Waals surface area contributed by atoms with Gasteiger partial charge in [-0.15, -0.1) is 0 Å². The number of piperidine rings is 1. The Hall–Kier alpha value is -4.41. The molecule has 11 nitrogen and oxygen atoms in total. The van der Waals surface area contributed by atoms with E-state index in [1.165, 1.54) is 0 Å². The molecule has 248 valence electrons. The van der Waals surface area contributed by atoms with E-state index in [1.807, 2.05) is 19.1 Å². The van der Waals surface area contributed by atoms with Crippen LogP contribution < -0.4 is 19.7 Å². The van der Waals surface area contributed by atoms with Gasteiger partial charge in [-0.25, -0.2) is 0 Å². The van der Waals surface area contributed by atoms with Gasteiger partial charge >= 0.3 is 5.97 Å². The average molecular weight is 635 g/mol. The molecule has 0 bridgehead atoms. The monoisotopic (exact) mass is 634 g/mol. The van der Waals surface area contributed by atoms with E-state index < -0.39 is 5.41 Å². The molecule has 1 fully saturated rings. The van der Waals surface area contributed by atoms with Crippen LogP contribution in [-0.4, -0.2) is 80.7 Å². The van der Waals surface area contributed by atoms with Gasteiger partial charge in [0.15, 0.2) is 5.78 Å². The van der Waals surface area contributed by atoms with Gasteiger partial charge in [0.05, 0.1) is 37.6 Å². The summed E-state index contributed by atoms with van der Waals surface area (Å²) in [6, 6.07) is 7.14. The van der Waals surface area contributed by atoms with Gasteiger partial charge in [-0.1, -0.05) is 20.8 Å². The number of ketones is 2. The van der Waals surface area contributed by atoms with Crippen LogP contribution in [0.1, 0.15) is 97.7 Å². The van der Waals surface area contributed by atoms with E-state index in [0.717, 1.165) is 16.8 Å². The maximum absolute atomic E-state index is 14.0. The minimum atomic E-state index is -0.393. The fourth-order valence-electron chi connectivity index (χ4n) is 5.75. The minimum Gasteiger partial charge on any atom is -0.493 e. The summed E-state index contributed by atoms with van der Waals surface area (Å²) < 4.78 is 17.1. The van der Waals surface area contributed by atoms with E-state index >= 15 is 0 Å². The van der Waals surface area contributed by atoms with E-state index in [4.69, 9.17) is 19.6 Å². The van der Waals surface area contributed by atoms with Crippen molar-refractivity contribution in [2.24, 2.45) is 0 Å². The molecule has 1 amide bonds. The summed E-state index contributed by atoms with van der Waals surface area (Å²) in [6.07, 6.45) is 1.54. The van der Waals surface area contributed by atoms with Crippen LogP contribution in [0.5, 0.6) is 11.5 Å². The first kappa shape index (κ1) is 34.5. The summed E-state index contributed by atoms with van der Waals surface area (Å²) in [4.78, 5) is 54.3. The van der Waals surface area contributed by atoms with E-state index in [-0.39, 0.29) is 42.2 Å². The lowest BCUT2D eigenvalue weighted by atomic mass is 9.84. The molecule has 46 heavy (non-hydrogen) atoms. The predicted molar refractivity (Wildman–Crippen MR) is 176 cm³/mol. The van der Waals surface area contributed by atoms with Crippen LogP contribution in [-0.2, 0) is 26.3 Å². The Morgan fingerprint density at radius 2 is 1.72 bits per heavy atom. The Morgan fingerprint density at radius 1 is 1.00 bits per heavy atom. The molecule has 2 aromatic rings. The van der Waals surface area contributed by atoms with Crippen molar-refractivity contribution < 1.29 is 33.4 Å². The molecule has 4 rings (SSSR count). The second kappa shape index (κ2) is 14.8. The zero-order chi connectivity index (χ0) is 33.6. The van der Waals surface area contributed by atoms with Gasteiger partial charge < -0.3 is 29.3 Å². The van der Waals surface area contributed by atoms with E-state index in [0.29, 0.717) is 86.9 Å². The maximum atomic E-state index is 14.0. The van der Waals surface area contributed by atoms with Gasteiger partial charge in [-0.2, -0.15) is 0 Å². The molecule has 2 heterocycles. The molecular weight excluding hydrogens is 588 g/mol. The molecule has 0 atom stereocenters. The standard InChI is InChI=1S/C35H46N4O7/c1-7-44-30-18-23-20-39(33(36)25(23)19-26(30)34(43)37-6)21-29(41)22-16-27(35(3,4)5)32(46-15-9-10-31(42)45-8-2)28(17-22)38-13-11-24(40)12-14-38/h16-19,36H,7-15,20-21H2,1-6H3,(H,37,43). The highest BCUT2D eigenvalue weighted by Crippen LogP contribution is 2.41. The fraction of sp³-hybridized carbons (Fsp3) is 0.514. The number of ether oxygens (including phenoxy) is 3. The molecule has 1 saturated heterocycles. The Morgan fingerprint density at radius 3 is 2.35 bits per heavy atom. The predicted octanol–water partition coefficient (Wildman–Crippen LogP) is 4.66. The summed E-state index contributed by atoms with van der Waals surface area (Å²) in [5.74, 6) is 0.722. The largest absolute Gasteiger partial charge is 0.493 e. The van der Waals surface area contributed by atoms with E-state index in [9.17, 15) is 19.2 Å². The SMILES string of the molecule is CCOC(=O)CCCOc1c(N2CCC(=O)CC2)cc(C(=O)CN2Cc3cc(OCC)c(C(=O)NC)cc3C2=N)cc1C(C)(C)C. The normalized spacial score (nSPS) is 14.7. The second-order valence-corrected chi connectivity index (χ2v) is 12.6. The van der Waals surface area contributed by atoms with Gasteiger partial charge in [-0.05, 0) is 55.5 Å². The molecule has 2 N–H and O–H groups in total. The number of amides is 1. The molecule has 2 aliphatic rings. The number of fused-ring (bicyclic) bond motifs is 1. The lowest BCUT2D eigenvalue weighted by Crippen LogP contribution is -2.35. The third kappa shape index (κ3) is 7.86. The summed E-state index contributed by atoms with van der Waals surface area (Å²) in [6.45, 7) is 12.1. The van der Waals surface area contributed by atoms with Crippen LogP contribution >= 0.6 is 0 Å². The molecular formula is C35H46N4O7. The van der Waals surface area contributed by atoms with Gasteiger partial charge in [0.25, 0.3) is 5.91 Å². The number of esters is 1. The third-order valence-corrected chi connectivity index (χ3v) is 8.18. The molecule has 0 spiro atoms. The molecule has 2 aliphatic heterocycles. The van der Waals surface area contributed by atoms with Crippen LogP contribution in [0.2, 0.25) is 0 Å². The number of carbonyl (C=O) groups excluding carboxylic acids is 4. The first-order valence-electron chi connectivity index (χ1n) is 16.0. The highest BCUT2D eigenvalue weighted by molar-refractivity contribution is 6.08. The lowest BCUT2D eigenvalue weighted by molar-refractivity contribution is -0.143. The number of anilines is 1. The Kier molecular flexibility index (Phi) is 11.1. The van der Waals surface area contributed by atoms with Crippen molar-refractivity contribution in [3.63, 3.8) is 0 Å². The van der Waals surface area contributed by atoms with Crippen LogP contribution in [0.3, 0.4) is 0 Å². The molecule has 0 saturated carbocycles. The van der Waals surface area contributed by atoms with Gasteiger partial charge in [0.1, 0.15) is 23.1 Å². The zero-order valence-electron chi connectivity index (χ0n) is 27.8. The van der Waals surface area contributed by atoms with E-state index in [1.54, 1.807) is 31.0 Å². The van der Waals surface area contributed by atoms with Crippen molar-refractivity contribution >= 4 is 35.0 Å². The quantitative estimate of drug-likeness (QED) is 0.183. The van der Waals surface area contributed by atoms with Crippen molar-refractivity contribution in [1.29, 1.82) is 5.41 Å². The molecule has 0 unspecified atom stereocenters. The highest BCUT2D eigenvalue weighted by atomic mass is 16.5. The Balaban J connectivity index is 1.64. The van der Waals surface area contributed by atoms with Crippen LogP contribution in [0.15, 0.2) is 24.3 Å². The molecule has 0 radical (unpaired) electrons. The number of amidine groups is 1. The van der Waals surface area contributed by atoms with Gasteiger partial charge in [0, 0.05) is 62.6 Å². The fourth-order valence-corrected chi connectivity index (χ4v) is 5.75. The number of carbonyl (C=O) groups is 4. The van der Waals surface area contributed by atoms with Crippen molar-refractivity contribution in [1.82, 2.24) is 10.2 Å². The number of nitrogens with zero attached hydrogens (tertiary/aromatic N) is 2. The highest BCUT2D eigenvalue weighted by Gasteiger charge is 2.32. The van der Waals surface area contributed by atoms with Crippen LogP contribution in [0.25, 0.3) is 0 Å². The second-order valence-electron chi connectivity index (χ2n) is 12.6. The zero-order valence-corrected chi connectivity index (χ0v) is 27.8. The number of benzene rings is 2. The summed E-state index contributed by atoms with van der Waals surface area (Å²) in [5.41, 5.74) is 3.44. The number of nitrogens with one attached hydrogen (secondary N) is 2. The summed E-state index contributed by atoms with van der Waals surface area (Å²) in [5, 5.41) is 11.5.